The number of benzene rings is 3. The Hall–Kier alpha value is -2.58. The minimum atomic E-state index is 0.329. The maximum absolute atomic E-state index is 5.99. The van der Waals surface area contributed by atoms with Gasteiger partial charge in [-0.15, -0.1) is 0 Å². The second-order valence-corrected chi connectivity index (χ2v) is 5.97. The highest BCUT2D eigenvalue weighted by Crippen LogP contribution is 2.23. The van der Waals surface area contributed by atoms with Crippen molar-refractivity contribution in [2.24, 2.45) is 5.73 Å². The molecule has 0 spiro atoms. The summed E-state index contributed by atoms with van der Waals surface area (Å²) in [5.74, 6) is 1.22. The molecule has 24 heavy (non-hydrogen) atoms. The average molecular weight is 317 g/mol. The van der Waals surface area contributed by atoms with E-state index in [4.69, 9.17) is 10.5 Å². The van der Waals surface area contributed by atoms with Crippen molar-refractivity contribution in [3.63, 3.8) is 0 Å². The Balaban J connectivity index is 1.62. The molecule has 3 rings (SSSR count). The topological polar surface area (TPSA) is 35.2 Å². The van der Waals surface area contributed by atoms with Crippen molar-refractivity contribution in [1.82, 2.24) is 0 Å². The maximum Gasteiger partial charge on any atom is 0.119 e. The standard InChI is InChI=1S/C22H23NO/c23-16-21(15-18-7-3-1-4-8-18)20-11-13-22(14-12-20)24-17-19-9-5-2-6-10-19/h1-14,21H,15-17,23H2. The number of nitrogens with two attached hydrogens (primary N) is 1. The van der Waals surface area contributed by atoms with Gasteiger partial charge in [0, 0.05) is 5.92 Å². The van der Waals surface area contributed by atoms with E-state index >= 15 is 0 Å². The summed E-state index contributed by atoms with van der Waals surface area (Å²) in [5, 5.41) is 0. The van der Waals surface area contributed by atoms with E-state index in [9.17, 15) is 0 Å². The van der Waals surface area contributed by atoms with Crippen LogP contribution in [0.4, 0.5) is 0 Å². The highest BCUT2D eigenvalue weighted by Gasteiger charge is 2.10. The zero-order valence-electron chi connectivity index (χ0n) is 13.8. The molecule has 122 valence electrons. The van der Waals surface area contributed by atoms with Gasteiger partial charge in [-0.05, 0) is 41.8 Å². The van der Waals surface area contributed by atoms with E-state index in [-0.39, 0.29) is 0 Å². The molecule has 0 heterocycles. The van der Waals surface area contributed by atoms with Gasteiger partial charge in [0.15, 0.2) is 0 Å². The molecule has 0 radical (unpaired) electrons. The van der Waals surface area contributed by atoms with E-state index in [1.165, 1.54) is 16.7 Å². The molecule has 0 fully saturated rings. The molecule has 0 aromatic heterocycles. The van der Waals surface area contributed by atoms with E-state index in [0.717, 1.165) is 12.2 Å². The highest BCUT2D eigenvalue weighted by atomic mass is 16.5. The zero-order chi connectivity index (χ0) is 16.6. The highest BCUT2D eigenvalue weighted by molar-refractivity contribution is 5.31. The van der Waals surface area contributed by atoms with Crippen LogP contribution in [0.1, 0.15) is 22.6 Å². The average Bonchev–Trinajstić information content (AvgIpc) is 2.67. The lowest BCUT2D eigenvalue weighted by Crippen LogP contribution is -2.15. The van der Waals surface area contributed by atoms with E-state index in [1.54, 1.807) is 0 Å². The third-order valence-corrected chi connectivity index (χ3v) is 4.21. The molecule has 2 N–H and O–H groups in total. The van der Waals surface area contributed by atoms with Gasteiger partial charge >= 0.3 is 0 Å². The van der Waals surface area contributed by atoms with Crippen LogP contribution in [0, 0.1) is 0 Å². The second-order valence-electron chi connectivity index (χ2n) is 5.97. The molecule has 1 unspecified atom stereocenters. The quantitative estimate of drug-likeness (QED) is 0.694. The SMILES string of the molecule is NCC(Cc1ccccc1)c1ccc(OCc2ccccc2)cc1. The fourth-order valence-electron chi connectivity index (χ4n) is 2.81. The summed E-state index contributed by atoms with van der Waals surface area (Å²) < 4.78 is 5.85. The van der Waals surface area contributed by atoms with Crippen LogP contribution in [0.15, 0.2) is 84.9 Å². The molecular formula is C22H23NO. The summed E-state index contributed by atoms with van der Waals surface area (Å²) >= 11 is 0. The Kier molecular flexibility index (Phi) is 5.65. The summed E-state index contributed by atoms with van der Waals surface area (Å²) in [6, 6.07) is 29.0. The fourth-order valence-corrected chi connectivity index (χ4v) is 2.81. The van der Waals surface area contributed by atoms with E-state index in [2.05, 4.69) is 48.5 Å². The molecule has 2 heteroatoms. The Morgan fingerprint density at radius 3 is 1.88 bits per heavy atom. The number of hydrogen-bond donors (Lipinski definition) is 1. The first-order valence-electron chi connectivity index (χ1n) is 8.36. The summed E-state index contributed by atoms with van der Waals surface area (Å²) in [6.45, 7) is 1.23. The first-order chi connectivity index (χ1) is 11.8. The lowest BCUT2D eigenvalue weighted by Gasteiger charge is -2.16. The minimum absolute atomic E-state index is 0.329. The van der Waals surface area contributed by atoms with Crippen LogP contribution >= 0.6 is 0 Å². The summed E-state index contributed by atoms with van der Waals surface area (Å²) in [7, 11) is 0. The van der Waals surface area contributed by atoms with Gasteiger partial charge in [-0.1, -0.05) is 72.8 Å². The lowest BCUT2D eigenvalue weighted by molar-refractivity contribution is 0.306. The predicted octanol–water partition coefficient (Wildman–Crippen LogP) is 4.55. The maximum atomic E-state index is 5.99. The molecule has 1 atom stereocenters. The van der Waals surface area contributed by atoms with E-state index in [1.807, 2.05) is 36.4 Å². The van der Waals surface area contributed by atoms with Crippen molar-refractivity contribution >= 4 is 0 Å². The Bertz CT molecular complexity index is 723. The summed E-state index contributed by atoms with van der Waals surface area (Å²) in [4.78, 5) is 0. The molecule has 0 amide bonds. The van der Waals surface area contributed by atoms with Crippen molar-refractivity contribution < 1.29 is 4.74 Å². The molecule has 0 aliphatic heterocycles. The lowest BCUT2D eigenvalue weighted by atomic mass is 9.92. The van der Waals surface area contributed by atoms with Crippen LogP contribution in [0.3, 0.4) is 0 Å². The van der Waals surface area contributed by atoms with Crippen LogP contribution in [0.25, 0.3) is 0 Å². The van der Waals surface area contributed by atoms with Gasteiger partial charge in [0.25, 0.3) is 0 Å². The monoisotopic (exact) mass is 317 g/mol. The van der Waals surface area contributed by atoms with Gasteiger partial charge in [0.1, 0.15) is 12.4 Å². The molecule has 0 bridgehead atoms. The molecule has 0 aliphatic rings. The molecule has 3 aromatic carbocycles. The van der Waals surface area contributed by atoms with Gasteiger partial charge in [-0.3, -0.25) is 0 Å². The Morgan fingerprint density at radius 2 is 1.29 bits per heavy atom. The molecule has 0 saturated carbocycles. The van der Waals surface area contributed by atoms with Crippen molar-refractivity contribution in [1.29, 1.82) is 0 Å². The summed E-state index contributed by atoms with van der Waals surface area (Å²) in [5.41, 5.74) is 9.74. The largest absolute Gasteiger partial charge is 0.489 e. The second kappa shape index (κ2) is 8.32. The minimum Gasteiger partial charge on any atom is -0.489 e. The van der Waals surface area contributed by atoms with Crippen LogP contribution in [-0.2, 0) is 13.0 Å². The van der Waals surface area contributed by atoms with Crippen LogP contribution in [0.5, 0.6) is 5.75 Å². The third-order valence-electron chi connectivity index (χ3n) is 4.21. The smallest absolute Gasteiger partial charge is 0.119 e. The van der Waals surface area contributed by atoms with E-state index in [0.29, 0.717) is 19.1 Å². The van der Waals surface area contributed by atoms with Crippen LogP contribution < -0.4 is 10.5 Å². The number of rotatable bonds is 7. The molecular weight excluding hydrogens is 294 g/mol. The first kappa shape index (κ1) is 16.3. The van der Waals surface area contributed by atoms with Crippen molar-refractivity contribution in [3.05, 3.63) is 102 Å². The molecule has 3 aromatic rings. The van der Waals surface area contributed by atoms with Gasteiger partial charge in [-0.2, -0.15) is 0 Å². The van der Waals surface area contributed by atoms with Crippen molar-refractivity contribution in [3.8, 4) is 5.75 Å². The van der Waals surface area contributed by atoms with Gasteiger partial charge < -0.3 is 10.5 Å². The van der Waals surface area contributed by atoms with Crippen LogP contribution in [-0.4, -0.2) is 6.54 Å². The Labute approximate surface area is 143 Å². The molecule has 0 aliphatic carbocycles. The van der Waals surface area contributed by atoms with Gasteiger partial charge in [0.2, 0.25) is 0 Å². The van der Waals surface area contributed by atoms with Crippen LogP contribution in [0.2, 0.25) is 0 Å². The fraction of sp³-hybridized carbons (Fsp3) is 0.182. The normalized spacial score (nSPS) is 11.9. The van der Waals surface area contributed by atoms with Gasteiger partial charge in [-0.25, -0.2) is 0 Å². The molecule has 0 saturated heterocycles. The number of hydrogen-bond acceptors (Lipinski definition) is 2. The first-order valence-corrected chi connectivity index (χ1v) is 8.36. The zero-order valence-corrected chi connectivity index (χ0v) is 13.8. The third kappa shape index (κ3) is 4.46. The Morgan fingerprint density at radius 1 is 0.708 bits per heavy atom. The van der Waals surface area contributed by atoms with Crippen molar-refractivity contribution in [2.45, 2.75) is 18.9 Å². The van der Waals surface area contributed by atoms with E-state index < -0.39 is 0 Å². The predicted molar refractivity (Wildman–Crippen MR) is 99.2 cm³/mol. The summed E-state index contributed by atoms with van der Waals surface area (Å²) in [6.07, 6.45) is 0.960. The number of ether oxygens (including phenoxy) is 1. The van der Waals surface area contributed by atoms with Crippen molar-refractivity contribution in [2.75, 3.05) is 6.54 Å². The molecule has 2 nitrogen and oxygen atoms in total. The van der Waals surface area contributed by atoms with Gasteiger partial charge in [0.05, 0.1) is 0 Å².